The summed E-state index contributed by atoms with van der Waals surface area (Å²) in [4.78, 5) is 8.03. The molecular weight excluding hydrogens is 1070 g/mol. The van der Waals surface area contributed by atoms with E-state index in [0.717, 1.165) is 18.8 Å². The average Bonchev–Trinajstić information content (AvgIpc) is 1.38. The smallest absolute Gasteiger partial charge is 0.119 e. The summed E-state index contributed by atoms with van der Waals surface area (Å²) < 4.78 is 6.96. The Hall–Kier alpha value is -9.97. The van der Waals surface area contributed by atoms with E-state index in [-0.39, 0.29) is 16.9 Å². The maximum Gasteiger partial charge on any atom is 0.119 e. The minimum absolute atomic E-state index is 0.0844. The number of ether oxygens (including phenoxy) is 1. The number of rotatable bonds is 5. The minimum atomic E-state index is -0.386. The molecule has 1 fully saturated rings. The predicted molar refractivity (Wildman–Crippen MR) is 365 cm³/mol. The van der Waals surface area contributed by atoms with Crippen LogP contribution in [0.25, 0.3) is 291 Å². The van der Waals surface area contributed by atoms with Gasteiger partial charge in [-0.15, -0.1) is 0 Å². The van der Waals surface area contributed by atoms with Crippen molar-refractivity contribution in [1.82, 2.24) is 4.90 Å². The highest BCUT2D eigenvalue weighted by atomic mass is 32.2. The van der Waals surface area contributed by atoms with Crippen molar-refractivity contribution in [2.75, 3.05) is 31.6 Å². The van der Waals surface area contributed by atoms with Gasteiger partial charge in [-0.05, 0) is 362 Å². The molecule has 0 aromatic heterocycles. The number of likely N-dealkylation sites (N-methyl/N-ethyl adjacent to an activating group) is 1. The summed E-state index contributed by atoms with van der Waals surface area (Å²) in [6.45, 7) is 2.37. The van der Waals surface area contributed by atoms with Crippen LogP contribution < -0.4 is 9.64 Å². The van der Waals surface area contributed by atoms with Crippen molar-refractivity contribution in [2.24, 2.45) is 0 Å². The second-order valence-corrected chi connectivity index (χ2v) is 31.5. The van der Waals surface area contributed by atoms with Crippen molar-refractivity contribution >= 4 is 314 Å². The van der Waals surface area contributed by atoms with Crippen LogP contribution in [0.4, 0.5) is 11.4 Å². The minimum Gasteiger partial charge on any atom is -0.492 e. The topological polar surface area (TPSA) is 15.7 Å². The Morgan fingerprint density at radius 2 is 0.598 bits per heavy atom. The molecule has 2 heterocycles. The van der Waals surface area contributed by atoms with Crippen molar-refractivity contribution < 1.29 is 4.74 Å². The fraction of sp³-hybridized carbons (Fsp3) is 0.0843. The molecule has 0 amide bonds. The normalized spacial score (nSPS) is 22.0. The summed E-state index contributed by atoms with van der Waals surface area (Å²) in [7, 11) is 2.58. The fourth-order valence-corrected chi connectivity index (χ4v) is 29.7. The van der Waals surface area contributed by atoms with Crippen LogP contribution in [-0.2, 0) is 10.8 Å². The van der Waals surface area contributed by atoms with Crippen LogP contribution in [0.2, 0.25) is 0 Å². The lowest BCUT2D eigenvalue weighted by Gasteiger charge is -2.52. The number of para-hydroxylation sites is 2. The van der Waals surface area contributed by atoms with Crippen LogP contribution in [-0.4, -0.2) is 31.6 Å². The molecule has 0 radical (unpaired) electrons. The van der Waals surface area contributed by atoms with Crippen molar-refractivity contribution in [2.45, 2.75) is 26.7 Å². The van der Waals surface area contributed by atoms with Crippen LogP contribution in [0.1, 0.15) is 33.9 Å². The van der Waals surface area contributed by atoms with Crippen molar-refractivity contribution in [3.05, 3.63) is 101 Å². The molecular formula is C83H22N2OS. The Morgan fingerprint density at radius 1 is 0.333 bits per heavy atom. The van der Waals surface area contributed by atoms with Gasteiger partial charge in [-0.25, -0.2) is 0 Å². The molecule has 37 rings (SSSR count). The number of hydrogen-bond acceptors (Lipinski definition) is 4. The molecule has 31 aromatic rings. The molecule has 1 atom stereocenters. The van der Waals surface area contributed by atoms with Gasteiger partial charge in [0.25, 0.3) is 0 Å². The molecule has 4 aliphatic carbocycles. The predicted octanol–water partition coefficient (Wildman–Crippen LogP) is 21.7. The third-order valence-electron chi connectivity index (χ3n) is 29.2. The molecule has 4 heteroatoms. The summed E-state index contributed by atoms with van der Waals surface area (Å²) in [5.41, 5.74) is 10.3. The van der Waals surface area contributed by atoms with E-state index in [4.69, 9.17) is 4.74 Å². The van der Waals surface area contributed by atoms with Gasteiger partial charge in [-0.3, -0.25) is 4.90 Å². The first-order valence-corrected chi connectivity index (χ1v) is 32.9. The Kier molecular flexibility index (Phi) is 3.61. The molecule has 1 saturated heterocycles. The van der Waals surface area contributed by atoms with Crippen molar-refractivity contribution in [3.63, 3.8) is 0 Å². The highest BCUT2D eigenvalue weighted by molar-refractivity contribution is 7.99. The van der Waals surface area contributed by atoms with Crippen LogP contribution in [0, 0.1) is 0 Å². The van der Waals surface area contributed by atoms with E-state index < -0.39 is 0 Å². The maximum absolute atomic E-state index is 6.96. The molecule has 1 unspecified atom stereocenters. The number of likely N-dealkylation sites (tertiary alicyclic amines) is 1. The molecule has 2 spiro atoms. The van der Waals surface area contributed by atoms with Crippen LogP contribution in [0.3, 0.4) is 0 Å². The van der Waals surface area contributed by atoms with Crippen molar-refractivity contribution in [1.29, 1.82) is 0 Å². The van der Waals surface area contributed by atoms with Gasteiger partial charge in [0.1, 0.15) is 12.4 Å². The lowest BCUT2D eigenvalue weighted by Crippen LogP contribution is -2.51. The van der Waals surface area contributed by atoms with Gasteiger partial charge in [-0.2, -0.15) is 0 Å². The molecule has 3 nitrogen and oxygen atoms in total. The van der Waals surface area contributed by atoms with Crippen molar-refractivity contribution in [3.8, 4) is 5.75 Å². The number of nitrogens with zero attached hydrogens (tertiary/aromatic N) is 2. The van der Waals surface area contributed by atoms with Gasteiger partial charge in [0.15, 0.2) is 0 Å². The zero-order chi connectivity index (χ0) is 52.7. The first-order chi connectivity index (χ1) is 43.3. The fourth-order valence-electron chi connectivity index (χ4n) is 28.6. The lowest BCUT2D eigenvalue weighted by molar-refractivity contribution is 0.271. The number of hydrogen-bond donors (Lipinski definition) is 0. The molecule has 2 aliphatic heterocycles. The van der Waals surface area contributed by atoms with E-state index in [1.54, 1.807) is 313 Å². The van der Waals surface area contributed by atoms with Gasteiger partial charge in [0.05, 0.1) is 28.7 Å². The highest BCUT2D eigenvalue weighted by Gasteiger charge is 2.76. The number of fused-ring (bicyclic) bond motifs is 2. The summed E-state index contributed by atoms with van der Waals surface area (Å²) >= 11 is 1.88. The zero-order valence-electron chi connectivity index (χ0n) is 45.3. The van der Waals surface area contributed by atoms with Gasteiger partial charge >= 0.3 is 0 Å². The zero-order valence-corrected chi connectivity index (χ0v) is 46.2. The second-order valence-electron chi connectivity index (χ2n) is 30.4. The number of benzene rings is 21. The molecule has 0 bridgehead atoms. The van der Waals surface area contributed by atoms with E-state index >= 15 is 0 Å². The van der Waals surface area contributed by atoms with Crippen LogP contribution in [0.5, 0.6) is 5.75 Å². The number of anilines is 2. The monoisotopic (exact) mass is 1090 g/mol. The van der Waals surface area contributed by atoms with Gasteiger partial charge in [-0.1, -0.05) is 48.2 Å². The van der Waals surface area contributed by atoms with Gasteiger partial charge in [0.2, 0.25) is 0 Å². The van der Waals surface area contributed by atoms with E-state index in [9.17, 15) is 0 Å². The summed E-state index contributed by atoms with van der Waals surface area (Å²) in [5, 5.41) is 89.6. The Morgan fingerprint density at radius 3 is 0.897 bits per heavy atom. The first kappa shape index (κ1) is 35.5. The molecule has 6 aliphatic rings. The Labute approximate surface area is 485 Å². The third kappa shape index (κ3) is 2.23. The van der Waals surface area contributed by atoms with E-state index in [1.165, 1.54) is 26.7 Å². The second kappa shape index (κ2) is 8.84. The largest absolute Gasteiger partial charge is 0.492 e. The van der Waals surface area contributed by atoms with E-state index in [0.29, 0.717) is 6.61 Å². The Bertz CT molecular complexity index is 8220. The van der Waals surface area contributed by atoms with E-state index in [2.05, 4.69) is 89.6 Å². The summed E-state index contributed by atoms with van der Waals surface area (Å²) in [6.07, 6.45) is 0. The first-order valence-electron chi connectivity index (χ1n) is 32.1. The third-order valence-corrected chi connectivity index (χ3v) is 30.3. The molecule has 0 N–H and O–H groups in total. The SMILES string of the molecule is CN1CC23c4c5c6c7c8c9c(c%10c%11c2c2c4c4c%12c5c5c6c6c8c8c%13c9c9c%10c%10c%11c%11c2c2c4c4c%12c%12c5c5c6c8c6c8c%13c9c9c%10c%10c%11c2c2c4c4c%12c5c6c5c8c9c%10c2c45)C73C1c1ccc(OCCN2c3ccccc3Sc3ccccc32)cc1. The Balaban J connectivity index is 0.802. The molecule has 31 aromatic carbocycles. The van der Waals surface area contributed by atoms with Crippen LogP contribution >= 0.6 is 11.8 Å². The molecule has 0 saturated carbocycles. The molecule has 87 heavy (non-hydrogen) atoms. The summed E-state index contributed by atoms with van der Waals surface area (Å²) in [5.74, 6) is 0.959. The van der Waals surface area contributed by atoms with Gasteiger partial charge in [0, 0.05) is 22.4 Å². The maximum atomic E-state index is 6.96. The quantitative estimate of drug-likeness (QED) is 0.160. The summed E-state index contributed by atoms with van der Waals surface area (Å²) in [6, 6.07) is 27.7. The van der Waals surface area contributed by atoms with E-state index in [1.807, 2.05) is 11.8 Å². The van der Waals surface area contributed by atoms with Crippen LogP contribution in [0.15, 0.2) is 82.6 Å². The molecule has 376 valence electrons. The lowest BCUT2D eigenvalue weighted by atomic mass is 9.47. The average molecular weight is 1100 g/mol. The standard InChI is InChI=1S/C83H22N2OS/c1-84-16-82-77-69-61-51-41-33-25-23-24-27-31-29(25)37-45-39(31)49-43-35(27)36-28(24)32-30-26(23)34(33)42-48-38(30)46-40(32)50-44(36)54-53(43)65-59(49)67-57(45)63(55(61)47(37)41)71(77)73(67)79-75(65)76-66(54)60(50)68-58(46)64-56(48)62(52(42)51)70(69)78(82)72(64)74(68)80(76)83(79,82)81(84)17-10-12-18(13-11-17)86-15-14-85-19-6-2-4-8-21(19)87-22-9-5-3-7-20(22)85/h2-13,81H,14-16H2,1H3. The van der Waals surface area contributed by atoms with Gasteiger partial charge < -0.3 is 9.64 Å². The highest BCUT2D eigenvalue weighted by Crippen LogP contribution is 2.87.